The van der Waals surface area contributed by atoms with Gasteiger partial charge < -0.3 is 9.47 Å². The fraction of sp³-hybridized carbons (Fsp3) is 0.500. The van der Waals surface area contributed by atoms with Crippen LogP contribution in [0.1, 0.15) is 61.4 Å². The molecule has 0 saturated heterocycles. The molecule has 3 aliphatic rings. The second-order valence-corrected chi connectivity index (χ2v) is 8.67. The van der Waals surface area contributed by atoms with E-state index >= 15 is 0 Å². The van der Waals surface area contributed by atoms with Crippen LogP contribution in [0.5, 0.6) is 11.5 Å². The van der Waals surface area contributed by atoms with Gasteiger partial charge in [-0.25, -0.2) is 4.99 Å². The molecular formula is C20H23N3O3S. The molecule has 6 nitrogen and oxygen atoms in total. The molecule has 0 radical (unpaired) electrons. The highest BCUT2D eigenvalue weighted by Gasteiger charge is 2.32. The molecule has 1 N–H and O–H groups in total. The van der Waals surface area contributed by atoms with Gasteiger partial charge in [0.1, 0.15) is 13.2 Å². The van der Waals surface area contributed by atoms with Crippen LogP contribution in [0.4, 0.5) is 5.82 Å². The van der Waals surface area contributed by atoms with Gasteiger partial charge in [-0.1, -0.05) is 37.1 Å². The van der Waals surface area contributed by atoms with E-state index in [4.69, 9.17) is 14.5 Å². The van der Waals surface area contributed by atoms with Crippen molar-refractivity contribution in [2.24, 2.45) is 4.99 Å². The van der Waals surface area contributed by atoms with Crippen LogP contribution in [0.25, 0.3) is 0 Å². The number of aromatic nitrogens is 2. The third kappa shape index (κ3) is 2.98. The number of hydrogen-bond donors (Lipinski definition) is 1. The number of aromatic amines is 1. The van der Waals surface area contributed by atoms with E-state index in [2.05, 4.69) is 5.10 Å². The van der Waals surface area contributed by atoms with E-state index in [-0.39, 0.29) is 10.8 Å². The highest BCUT2D eigenvalue weighted by Crippen LogP contribution is 2.46. The minimum atomic E-state index is -0.0816. The largest absolute Gasteiger partial charge is 0.486 e. The third-order valence-electron chi connectivity index (χ3n) is 5.56. The molecule has 2 aromatic rings. The molecule has 1 atom stereocenters. The van der Waals surface area contributed by atoms with E-state index in [1.165, 1.54) is 19.3 Å². The summed E-state index contributed by atoms with van der Waals surface area (Å²) in [7, 11) is 0. The summed E-state index contributed by atoms with van der Waals surface area (Å²) in [4.78, 5) is 17.7. The Morgan fingerprint density at radius 3 is 2.74 bits per heavy atom. The second-order valence-electron chi connectivity index (χ2n) is 7.37. The Morgan fingerprint density at radius 1 is 1.15 bits per heavy atom. The number of aliphatic imine (C=N–C) groups is 1. The van der Waals surface area contributed by atoms with Crippen molar-refractivity contribution in [3.8, 4) is 11.5 Å². The SMILES string of the molecule is CC1=Nc2c(c(=O)[nH]n2C2CCCCC2)[C@@H](c2ccc3c(c2)OCCO3)S1. The van der Waals surface area contributed by atoms with Gasteiger partial charge in [0.15, 0.2) is 17.3 Å². The number of ether oxygens (including phenoxy) is 2. The molecule has 142 valence electrons. The Bertz CT molecular complexity index is 956. The monoisotopic (exact) mass is 385 g/mol. The first-order valence-electron chi connectivity index (χ1n) is 9.66. The molecule has 0 unspecified atom stereocenters. The van der Waals surface area contributed by atoms with E-state index in [0.29, 0.717) is 19.3 Å². The smallest absolute Gasteiger partial charge is 0.271 e. The fourth-order valence-corrected chi connectivity index (χ4v) is 5.36. The van der Waals surface area contributed by atoms with Crippen LogP contribution in [-0.4, -0.2) is 28.0 Å². The van der Waals surface area contributed by atoms with Crippen molar-refractivity contribution in [3.05, 3.63) is 39.7 Å². The Balaban J connectivity index is 1.58. The summed E-state index contributed by atoms with van der Waals surface area (Å²) in [5.74, 6) is 2.33. The number of nitrogens with zero attached hydrogens (tertiary/aromatic N) is 2. The molecule has 1 aliphatic carbocycles. The number of H-pyrrole nitrogens is 1. The van der Waals surface area contributed by atoms with Gasteiger partial charge in [-0.05, 0) is 37.5 Å². The zero-order chi connectivity index (χ0) is 18.4. The van der Waals surface area contributed by atoms with Gasteiger partial charge in [0.2, 0.25) is 0 Å². The zero-order valence-corrected chi connectivity index (χ0v) is 16.2. The van der Waals surface area contributed by atoms with Crippen molar-refractivity contribution in [1.82, 2.24) is 9.78 Å². The highest BCUT2D eigenvalue weighted by molar-refractivity contribution is 8.14. The first-order valence-corrected chi connectivity index (χ1v) is 10.5. The molecule has 1 aromatic carbocycles. The molecule has 1 saturated carbocycles. The van der Waals surface area contributed by atoms with Gasteiger partial charge in [0.25, 0.3) is 5.56 Å². The van der Waals surface area contributed by atoms with Crippen molar-refractivity contribution in [3.63, 3.8) is 0 Å². The molecule has 7 heteroatoms. The second kappa shape index (κ2) is 6.78. The van der Waals surface area contributed by atoms with Crippen molar-refractivity contribution >= 4 is 22.6 Å². The minimum Gasteiger partial charge on any atom is -0.486 e. The Labute approximate surface area is 161 Å². The van der Waals surface area contributed by atoms with Gasteiger partial charge in [-0.15, -0.1) is 0 Å². The van der Waals surface area contributed by atoms with Crippen LogP contribution in [0.3, 0.4) is 0 Å². The van der Waals surface area contributed by atoms with Crippen LogP contribution >= 0.6 is 11.8 Å². The molecule has 5 rings (SSSR count). The number of thioether (sulfide) groups is 1. The molecule has 0 amide bonds. The van der Waals surface area contributed by atoms with E-state index in [0.717, 1.165) is 46.3 Å². The summed E-state index contributed by atoms with van der Waals surface area (Å²) in [6, 6.07) is 6.32. The Hall–Kier alpha value is -2.15. The molecule has 0 bridgehead atoms. The quantitative estimate of drug-likeness (QED) is 0.835. The lowest BCUT2D eigenvalue weighted by Crippen LogP contribution is -2.17. The van der Waals surface area contributed by atoms with Crippen molar-refractivity contribution in [1.29, 1.82) is 0 Å². The van der Waals surface area contributed by atoms with E-state index in [1.807, 2.05) is 29.8 Å². The molecule has 0 spiro atoms. The van der Waals surface area contributed by atoms with E-state index in [9.17, 15) is 4.79 Å². The Kier molecular flexibility index (Phi) is 4.27. The lowest BCUT2D eigenvalue weighted by Gasteiger charge is -2.26. The minimum absolute atomic E-state index is 0.0285. The van der Waals surface area contributed by atoms with Crippen LogP contribution in [0.2, 0.25) is 0 Å². The van der Waals surface area contributed by atoms with E-state index in [1.54, 1.807) is 11.8 Å². The molecule has 3 heterocycles. The van der Waals surface area contributed by atoms with Crippen LogP contribution in [0, 0.1) is 0 Å². The predicted octanol–water partition coefficient (Wildman–Crippen LogP) is 4.34. The summed E-state index contributed by atoms with van der Waals surface area (Å²) in [6.07, 6.45) is 5.91. The van der Waals surface area contributed by atoms with Crippen molar-refractivity contribution in [2.75, 3.05) is 13.2 Å². The summed E-state index contributed by atoms with van der Waals surface area (Å²) in [6.45, 7) is 3.14. The summed E-state index contributed by atoms with van der Waals surface area (Å²) < 4.78 is 13.4. The standard InChI is InChI=1S/C20H23N3O3S/c1-12-21-19-17(20(24)22-23(19)14-5-3-2-4-6-14)18(27-12)13-7-8-15-16(11-13)26-10-9-25-15/h7-8,11,14,18H,2-6,9-10H2,1H3,(H,22,24)/t18-/m1/s1. The average molecular weight is 385 g/mol. The normalized spacial score (nSPS) is 22.3. The number of hydrogen-bond acceptors (Lipinski definition) is 5. The van der Waals surface area contributed by atoms with Crippen LogP contribution in [0.15, 0.2) is 28.0 Å². The first kappa shape index (κ1) is 17.0. The molecule has 1 fully saturated rings. The van der Waals surface area contributed by atoms with Crippen LogP contribution < -0.4 is 15.0 Å². The van der Waals surface area contributed by atoms with Gasteiger partial charge in [0.05, 0.1) is 21.9 Å². The number of nitrogens with one attached hydrogen (secondary N) is 1. The van der Waals surface area contributed by atoms with Gasteiger partial charge in [-0.2, -0.15) is 0 Å². The number of rotatable bonds is 2. The lowest BCUT2D eigenvalue weighted by atomic mass is 9.95. The first-order chi connectivity index (χ1) is 13.2. The molecule has 2 aliphatic heterocycles. The third-order valence-corrected chi connectivity index (χ3v) is 6.73. The van der Waals surface area contributed by atoms with Gasteiger partial charge in [-0.3, -0.25) is 14.6 Å². The van der Waals surface area contributed by atoms with Gasteiger partial charge in [0, 0.05) is 0 Å². The van der Waals surface area contributed by atoms with Crippen LogP contribution in [-0.2, 0) is 0 Å². The molecule has 1 aromatic heterocycles. The molecular weight excluding hydrogens is 362 g/mol. The summed E-state index contributed by atoms with van der Waals surface area (Å²) in [5, 5.41) is 3.99. The average Bonchev–Trinajstić information content (AvgIpc) is 3.04. The van der Waals surface area contributed by atoms with Crippen molar-refractivity contribution < 1.29 is 9.47 Å². The topological polar surface area (TPSA) is 68.6 Å². The Morgan fingerprint density at radius 2 is 1.93 bits per heavy atom. The summed E-state index contributed by atoms with van der Waals surface area (Å²) in [5.41, 5.74) is 1.78. The van der Waals surface area contributed by atoms with Crippen molar-refractivity contribution in [2.45, 2.75) is 50.3 Å². The fourth-order valence-electron chi connectivity index (χ4n) is 4.27. The maximum absolute atomic E-state index is 12.9. The lowest BCUT2D eigenvalue weighted by molar-refractivity contribution is 0.171. The number of fused-ring (bicyclic) bond motifs is 2. The summed E-state index contributed by atoms with van der Waals surface area (Å²) >= 11 is 1.63. The molecule has 27 heavy (non-hydrogen) atoms. The maximum Gasteiger partial charge on any atom is 0.271 e. The highest BCUT2D eigenvalue weighted by atomic mass is 32.2. The van der Waals surface area contributed by atoms with Gasteiger partial charge >= 0.3 is 0 Å². The zero-order valence-electron chi connectivity index (χ0n) is 15.4. The predicted molar refractivity (Wildman–Crippen MR) is 107 cm³/mol. The van der Waals surface area contributed by atoms with E-state index < -0.39 is 0 Å². The number of benzene rings is 1. The maximum atomic E-state index is 12.9.